The number of hydrogen-bond acceptors (Lipinski definition) is 6. The molecular weight excluding hydrogens is 332 g/mol. The van der Waals surface area contributed by atoms with Crippen LogP contribution < -0.4 is 4.74 Å². The summed E-state index contributed by atoms with van der Waals surface area (Å²) in [4.78, 5) is 0. The van der Waals surface area contributed by atoms with Crippen LogP contribution >= 0.6 is 11.6 Å². The Morgan fingerprint density at radius 2 is 2.00 bits per heavy atom. The quantitative estimate of drug-likeness (QED) is 0.754. The zero-order valence-corrected chi connectivity index (χ0v) is 14.1. The molecule has 0 fully saturated rings. The first-order valence-electron chi connectivity index (χ1n) is 7.13. The Morgan fingerprint density at radius 3 is 2.67 bits per heavy atom. The summed E-state index contributed by atoms with van der Waals surface area (Å²) in [6.45, 7) is 3.67. The van der Waals surface area contributed by atoms with E-state index in [1.807, 2.05) is 19.9 Å². The Bertz CT molecular complexity index is 911. The summed E-state index contributed by atoms with van der Waals surface area (Å²) < 4.78 is 16.1. The number of benzene rings is 1. The zero-order chi connectivity index (χ0) is 17.3. The predicted octanol–water partition coefficient (Wildman–Crippen LogP) is 4.40. The number of furan rings is 1. The second-order valence-electron chi connectivity index (χ2n) is 5.16. The molecular formula is C17H15ClN2O4. The van der Waals surface area contributed by atoms with Crippen molar-refractivity contribution in [1.82, 2.24) is 10.2 Å². The van der Waals surface area contributed by atoms with Crippen molar-refractivity contribution in [2.75, 3.05) is 7.11 Å². The van der Waals surface area contributed by atoms with Crippen molar-refractivity contribution in [3.63, 3.8) is 0 Å². The van der Waals surface area contributed by atoms with Gasteiger partial charge in [-0.05, 0) is 43.7 Å². The van der Waals surface area contributed by atoms with E-state index in [-0.39, 0.29) is 16.7 Å². The third-order valence-corrected chi connectivity index (χ3v) is 3.67. The van der Waals surface area contributed by atoms with Gasteiger partial charge in [-0.25, -0.2) is 0 Å². The number of ether oxygens (including phenoxy) is 1. The molecule has 0 bridgehead atoms. The van der Waals surface area contributed by atoms with Gasteiger partial charge in [-0.2, -0.15) is 0 Å². The third-order valence-electron chi connectivity index (χ3n) is 3.40. The van der Waals surface area contributed by atoms with Gasteiger partial charge in [0, 0.05) is 0 Å². The fraction of sp³-hybridized carbons (Fsp3) is 0.176. The standard InChI is InChI=1S/C17H15ClN2O4/c1-9-6-12(10(2)23-9)16-19-20-17(24-16)13(18)7-11-4-5-14(21)15(8-11)22-3/h4-8,21H,1-3H3/b13-7-. The van der Waals surface area contributed by atoms with Crippen LogP contribution in [-0.2, 0) is 0 Å². The van der Waals surface area contributed by atoms with Gasteiger partial charge in [0.05, 0.1) is 12.7 Å². The number of halogens is 1. The van der Waals surface area contributed by atoms with E-state index in [1.54, 1.807) is 18.2 Å². The number of nitrogens with zero attached hydrogens (tertiary/aromatic N) is 2. The minimum Gasteiger partial charge on any atom is -0.504 e. The Kier molecular flexibility index (Phi) is 4.31. The maximum atomic E-state index is 9.62. The van der Waals surface area contributed by atoms with Crippen LogP contribution in [0.1, 0.15) is 23.0 Å². The van der Waals surface area contributed by atoms with Crippen LogP contribution in [-0.4, -0.2) is 22.4 Å². The van der Waals surface area contributed by atoms with E-state index in [9.17, 15) is 5.11 Å². The summed E-state index contributed by atoms with van der Waals surface area (Å²) in [7, 11) is 1.48. The molecule has 0 atom stereocenters. The van der Waals surface area contributed by atoms with Crippen LogP contribution in [0.4, 0.5) is 0 Å². The van der Waals surface area contributed by atoms with E-state index < -0.39 is 0 Å². The van der Waals surface area contributed by atoms with Crippen LogP contribution in [0.25, 0.3) is 22.6 Å². The summed E-state index contributed by atoms with van der Waals surface area (Å²) in [5.74, 6) is 2.40. The van der Waals surface area contributed by atoms with Gasteiger partial charge < -0.3 is 18.7 Å². The summed E-state index contributed by atoms with van der Waals surface area (Å²) in [6, 6.07) is 6.69. The lowest BCUT2D eigenvalue weighted by Gasteiger charge is -2.03. The van der Waals surface area contributed by atoms with Gasteiger partial charge in [-0.15, -0.1) is 10.2 Å². The molecule has 24 heavy (non-hydrogen) atoms. The highest BCUT2D eigenvalue weighted by atomic mass is 35.5. The number of phenols is 1. The van der Waals surface area contributed by atoms with E-state index in [0.29, 0.717) is 17.4 Å². The maximum absolute atomic E-state index is 9.62. The van der Waals surface area contributed by atoms with Gasteiger partial charge in [-0.3, -0.25) is 0 Å². The van der Waals surface area contributed by atoms with Gasteiger partial charge in [0.15, 0.2) is 11.5 Å². The SMILES string of the molecule is COc1cc(/C=C(\Cl)c2nnc(-c3cc(C)oc3C)o2)ccc1O. The first-order valence-corrected chi connectivity index (χ1v) is 7.51. The molecule has 1 aromatic carbocycles. The lowest BCUT2D eigenvalue weighted by atomic mass is 10.2. The molecule has 0 radical (unpaired) electrons. The highest BCUT2D eigenvalue weighted by Gasteiger charge is 2.16. The number of aryl methyl sites for hydroxylation is 2. The van der Waals surface area contributed by atoms with Crippen molar-refractivity contribution < 1.29 is 18.7 Å². The molecule has 0 saturated heterocycles. The summed E-state index contributed by atoms with van der Waals surface area (Å²) >= 11 is 6.26. The first kappa shape index (κ1) is 16.1. The van der Waals surface area contributed by atoms with Crippen LogP contribution in [0.3, 0.4) is 0 Å². The molecule has 0 aliphatic rings. The smallest absolute Gasteiger partial charge is 0.259 e. The molecule has 0 amide bonds. The van der Waals surface area contributed by atoms with Gasteiger partial charge in [0.1, 0.15) is 16.6 Å². The van der Waals surface area contributed by atoms with Crippen molar-refractivity contribution in [3.8, 4) is 23.0 Å². The minimum absolute atomic E-state index is 0.0525. The predicted molar refractivity (Wildman–Crippen MR) is 89.9 cm³/mol. The fourth-order valence-corrected chi connectivity index (χ4v) is 2.47. The van der Waals surface area contributed by atoms with Crippen molar-refractivity contribution in [1.29, 1.82) is 0 Å². The molecule has 3 rings (SSSR count). The third kappa shape index (κ3) is 3.14. The number of hydrogen-bond donors (Lipinski definition) is 1. The molecule has 0 aliphatic carbocycles. The highest BCUT2D eigenvalue weighted by Crippen LogP contribution is 2.31. The molecule has 1 N–H and O–H groups in total. The van der Waals surface area contributed by atoms with Crippen LogP contribution in [0.5, 0.6) is 11.5 Å². The van der Waals surface area contributed by atoms with E-state index in [4.69, 9.17) is 25.2 Å². The van der Waals surface area contributed by atoms with Gasteiger partial charge in [0.2, 0.25) is 0 Å². The molecule has 0 aliphatic heterocycles. The minimum atomic E-state index is 0.0525. The second-order valence-corrected chi connectivity index (χ2v) is 5.57. The fourth-order valence-electron chi connectivity index (χ4n) is 2.26. The summed E-state index contributed by atoms with van der Waals surface area (Å²) in [5, 5.41) is 17.9. The molecule has 124 valence electrons. The van der Waals surface area contributed by atoms with Crippen molar-refractivity contribution in [3.05, 3.63) is 47.2 Å². The van der Waals surface area contributed by atoms with Crippen LogP contribution in [0.15, 0.2) is 33.1 Å². The average molecular weight is 347 g/mol. The Hall–Kier alpha value is -2.73. The average Bonchev–Trinajstić information content (AvgIpc) is 3.15. The van der Waals surface area contributed by atoms with Gasteiger partial charge >= 0.3 is 0 Å². The molecule has 0 unspecified atom stereocenters. The second kappa shape index (κ2) is 6.41. The number of aromatic nitrogens is 2. The molecule has 2 heterocycles. The lowest BCUT2D eigenvalue weighted by Crippen LogP contribution is -1.85. The molecule has 3 aromatic rings. The number of methoxy groups -OCH3 is 1. The molecule has 2 aromatic heterocycles. The molecule has 0 spiro atoms. The topological polar surface area (TPSA) is 81.5 Å². The van der Waals surface area contributed by atoms with Gasteiger partial charge in [0.25, 0.3) is 11.8 Å². The molecule has 0 saturated carbocycles. The largest absolute Gasteiger partial charge is 0.504 e. The number of aromatic hydroxyl groups is 1. The van der Waals surface area contributed by atoms with Gasteiger partial charge in [-0.1, -0.05) is 17.7 Å². The normalized spacial score (nSPS) is 11.8. The van der Waals surface area contributed by atoms with E-state index >= 15 is 0 Å². The van der Waals surface area contributed by atoms with Crippen LogP contribution in [0, 0.1) is 13.8 Å². The van der Waals surface area contributed by atoms with E-state index in [2.05, 4.69) is 10.2 Å². The number of rotatable bonds is 4. The zero-order valence-electron chi connectivity index (χ0n) is 13.3. The summed E-state index contributed by atoms with van der Waals surface area (Å²) in [6.07, 6.45) is 1.65. The maximum Gasteiger partial charge on any atom is 0.259 e. The van der Waals surface area contributed by atoms with Crippen molar-refractivity contribution in [2.24, 2.45) is 0 Å². The Labute approximate surface area is 143 Å². The van der Waals surface area contributed by atoms with Crippen LogP contribution in [0.2, 0.25) is 0 Å². The Morgan fingerprint density at radius 1 is 1.21 bits per heavy atom. The Balaban J connectivity index is 1.90. The van der Waals surface area contributed by atoms with E-state index in [0.717, 1.165) is 16.9 Å². The monoisotopic (exact) mass is 346 g/mol. The van der Waals surface area contributed by atoms with Crippen molar-refractivity contribution >= 4 is 22.7 Å². The number of phenolic OH excluding ortho intramolecular Hbond substituents is 1. The molecule has 6 nitrogen and oxygen atoms in total. The lowest BCUT2D eigenvalue weighted by molar-refractivity contribution is 0.373. The summed E-state index contributed by atoms with van der Waals surface area (Å²) in [5.41, 5.74) is 1.46. The molecule has 7 heteroatoms. The van der Waals surface area contributed by atoms with Crippen molar-refractivity contribution in [2.45, 2.75) is 13.8 Å². The first-order chi connectivity index (χ1) is 11.5. The van der Waals surface area contributed by atoms with E-state index in [1.165, 1.54) is 13.2 Å². The highest BCUT2D eigenvalue weighted by molar-refractivity contribution is 6.50.